The average Bonchev–Trinajstić information content (AvgIpc) is 2.78. The second-order valence-electron chi connectivity index (χ2n) is 7.16. The smallest absolute Gasteiger partial charge is 0.341 e. The van der Waals surface area contributed by atoms with Gasteiger partial charge < -0.3 is 9.47 Å². The zero-order valence-corrected chi connectivity index (χ0v) is 19.6. The van der Waals surface area contributed by atoms with Crippen LogP contribution < -0.4 is 0 Å². The van der Waals surface area contributed by atoms with Gasteiger partial charge in [-0.2, -0.15) is 0 Å². The fourth-order valence-electron chi connectivity index (χ4n) is 3.25. The second kappa shape index (κ2) is 14.1. The van der Waals surface area contributed by atoms with E-state index in [1.165, 1.54) is 12.1 Å². The third-order valence-corrected chi connectivity index (χ3v) is 5.09. The maximum absolute atomic E-state index is 13.6. The molecule has 1 saturated heterocycles. The quantitative estimate of drug-likeness (QED) is 0.386. The summed E-state index contributed by atoms with van der Waals surface area (Å²) in [5.41, 5.74) is -0.884. The number of ether oxygens (including phenoxy) is 2. The first kappa shape index (κ1) is 29.6. The maximum Gasteiger partial charge on any atom is 0.341 e. The van der Waals surface area contributed by atoms with Crippen molar-refractivity contribution in [2.75, 3.05) is 52.5 Å². The Morgan fingerprint density at radius 2 is 1.03 bits per heavy atom. The van der Waals surface area contributed by atoms with Crippen molar-refractivity contribution in [3.8, 4) is 0 Å². The molecule has 34 heavy (non-hydrogen) atoms. The molecule has 0 amide bonds. The summed E-state index contributed by atoms with van der Waals surface area (Å²) in [6.45, 7) is 3.60. The Morgan fingerprint density at radius 1 is 0.676 bits per heavy atom. The topological polar surface area (TPSA) is 59.1 Å². The molecule has 12 heteroatoms. The van der Waals surface area contributed by atoms with E-state index in [9.17, 15) is 27.2 Å². The van der Waals surface area contributed by atoms with Gasteiger partial charge in [-0.05, 0) is 24.3 Å². The van der Waals surface area contributed by atoms with Crippen molar-refractivity contribution < 1.29 is 36.6 Å². The maximum atomic E-state index is 13.6. The van der Waals surface area contributed by atoms with Crippen LogP contribution in [0.2, 0.25) is 0 Å². The average molecular weight is 527 g/mol. The highest BCUT2D eigenvalue weighted by molar-refractivity contribution is 5.90. The molecule has 0 aromatic heterocycles. The van der Waals surface area contributed by atoms with E-state index >= 15 is 0 Å². The van der Waals surface area contributed by atoms with Gasteiger partial charge >= 0.3 is 11.9 Å². The number of halogens is 6. The molecule has 0 spiro atoms. The molecule has 0 bridgehead atoms. The van der Waals surface area contributed by atoms with Crippen LogP contribution in [-0.2, 0) is 9.47 Å². The number of hydrogen-bond donors (Lipinski definition) is 0. The SMILES string of the molecule is Cl.Cl.O=C(OCCN1CCN(CCOC(=O)c2cccc(F)c2F)CC1)c1cccc(F)c1F. The predicted molar refractivity (Wildman–Crippen MR) is 121 cm³/mol. The Bertz CT molecular complexity index is 898. The first-order valence-corrected chi connectivity index (χ1v) is 10.0. The fraction of sp³-hybridized carbons (Fsp3) is 0.364. The molecule has 0 N–H and O–H groups in total. The van der Waals surface area contributed by atoms with E-state index in [4.69, 9.17) is 9.47 Å². The van der Waals surface area contributed by atoms with Gasteiger partial charge in [0.1, 0.15) is 13.2 Å². The van der Waals surface area contributed by atoms with E-state index in [0.29, 0.717) is 39.3 Å². The molecule has 188 valence electrons. The number of hydrogen-bond acceptors (Lipinski definition) is 6. The van der Waals surface area contributed by atoms with Crippen LogP contribution in [0.1, 0.15) is 20.7 Å². The van der Waals surface area contributed by atoms with Crippen molar-refractivity contribution in [3.05, 3.63) is 70.8 Å². The van der Waals surface area contributed by atoms with Gasteiger partial charge in [-0.1, -0.05) is 12.1 Å². The highest BCUT2D eigenvalue weighted by Crippen LogP contribution is 2.14. The third kappa shape index (κ3) is 7.83. The van der Waals surface area contributed by atoms with Crippen LogP contribution in [-0.4, -0.2) is 74.2 Å². The molecule has 6 nitrogen and oxygen atoms in total. The molecule has 0 unspecified atom stereocenters. The molecule has 0 saturated carbocycles. The first-order chi connectivity index (χ1) is 15.4. The van der Waals surface area contributed by atoms with E-state index in [-0.39, 0.29) is 38.0 Å². The van der Waals surface area contributed by atoms with Crippen molar-refractivity contribution in [2.45, 2.75) is 0 Å². The summed E-state index contributed by atoms with van der Waals surface area (Å²) >= 11 is 0. The van der Waals surface area contributed by atoms with Gasteiger partial charge in [0.15, 0.2) is 23.3 Å². The number of carbonyl (C=O) groups is 2. The summed E-state index contributed by atoms with van der Waals surface area (Å²) in [6, 6.07) is 6.64. The number of rotatable bonds is 8. The molecule has 2 aromatic rings. The number of carbonyl (C=O) groups excluding carboxylic acids is 2. The van der Waals surface area contributed by atoms with E-state index in [0.717, 1.165) is 24.3 Å². The molecule has 0 aliphatic carbocycles. The lowest BCUT2D eigenvalue weighted by atomic mass is 10.2. The molecule has 1 aliphatic heterocycles. The molecular weight excluding hydrogens is 503 g/mol. The minimum absolute atomic E-state index is 0. The summed E-state index contributed by atoms with van der Waals surface area (Å²) in [4.78, 5) is 27.9. The van der Waals surface area contributed by atoms with Gasteiger partial charge in [0.25, 0.3) is 0 Å². The van der Waals surface area contributed by atoms with Crippen molar-refractivity contribution in [2.24, 2.45) is 0 Å². The van der Waals surface area contributed by atoms with Crippen LogP contribution in [0.25, 0.3) is 0 Å². The standard InChI is InChI=1S/C22H22F4N2O4.2ClH/c23-17-5-1-3-15(19(17)25)21(29)31-13-11-27-7-9-28(10-8-27)12-14-32-22(30)16-4-2-6-18(24)20(16)26;;/h1-6H,7-14H2;2*1H. The third-order valence-electron chi connectivity index (χ3n) is 5.09. The normalized spacial score (nSPS) is 14.0. The van der Waals surface area contributed by atoms with Crippen molar-refractivity contribution in [3.63, 3.8) is 0 Å². The van der Waals surface area contributed by atoms with Crippen LogP contribution in [0.4, 0.5) is 17.6 Å². The van der Waals surface area contributed by atoms with Crippen LogP contribution >= 0.6 is 24.8 Å². The summed E-state index contributed by atoms with van der Waals surface area (Å²) in [5.74, 6) is -6.52. The molecule has 1 fully saturated rings. The monoisotopic (exact) mass is 526 g/mol. The zero-order chi connectivity index (χ0) is 23.1. The predicted octanol–water partition coefficient (Wildman–Crippen LogP) is 3.72. The van der Waals surface area contributed by atoms with Gasteiger partial charge in [0.2, 0.25) is 0 Å². The van der Waals surface area contributed by atoms with Crippen molar-refractivity contribution in [1.82, 2.24) is 9.80 Å². The van der Waals surface area contributed by atoms with Gasteiger partial charge in [-0.25, -0.2) is 27.2 Å². The molecule has 0 atom stereocenters. The lowest BCUT2D eigenvalue weighted by Gasteiger charge is -2.34. The molecule has 1 aliphatic rings. The zero-order valence-electron chi connectivity index (χ0n) is 18.0. The Morgan fingerprint density at radius 3 is 1.38 bits per heavy atom. The molecule has 0 radical (unpaired) electrons. The number of esters is 2. The van der Waals surface area contributed by atoms with E-state index < -0.39 is 46.3 Å². The van der Waals surface area contributed by atoms with E-state index in [2.05, 4.69) is 0 Å². The second-order valence-corrected chi connectivity index (χ2v) is 7.16. The summed E-state index contributed by atoms with van der Waals surface area (Å²) in [5, 5.41) is 0. The van der Waals surface area contributed by atoms with Gasteiger partial charge in [0, 0.05) is 39.3 Å². The highest BCUT2D eigenvalue weighted by atomic mass is 35.5. The first-order valence-electron chi connectivity index (χ1n) is 10.0. The van der Waals surface area contributed by atoms with E-state index in [1.807, 2.05) is 9.80 Å². The molecular formula is C22H24Cl2F4N2O4. The molecule has 2 aromatic carbocycles. The Balaban J connectivity index is 0.00000289. The van der Waals surface area contributed by atoms with Gasteiger partial charge in [-0.3, -0.25) is 9.80 Å². The fourth-order valence-corrected chi connectivity index (χ4v) is 3.25. The summed E-state index contributed by atoms with van der Waals surface area (Å²) in [6.07, 6.45) is 0. The summed E-state index contributed by atoms with van der Waals surface area (Å²) < 4.78 is 63.6. The molecule has 3 rings (SSSR count). The molecule has 1 heterocycles. The Kier molecular flexibility index (Phi) is 12.3. The highest BCUT2D eigenvalue weighted by Gasteiger charge is 2.20. The number of benzene rings is 2. The number of nitrogens with zero attached hydrogens (tertiary/aromatic N) is 2. The van der Waals surface area contributed by atoms with Crippen molar-refractivity contribution >= 4 is 36.8 Å². The lowest BCUT2D eigenvalue weighted by molar-refractivity contribution is 0.0346. The van der Waals surface area contributed by atoms with Crippen LogP contribution in [0.15, 0.2) is 36.4 Å². The minimum Gasteiger partial charge on any atom is -0.461 e. The lowest BCUT2D eigenvalue weighted by Crippen LogP contribution is -2.48. The van der Waals surface area contributed by atoms with Crippen molar-refractivity contribution in [1.29, 1.82) is 0 Å². The minimum atomic E-state index is -1.23. The number of piperazine rings is 1. The van der Waals surface area contributed by atoms with Crippen LogP contribution in [0, 0.1) is 23.3 Å². The van der Waals surface area contributed by atoms with E-state index in [1.54, 1.807) is 0 Å². The largest absolute Gasteiger partial charge is 0.461 e. The van der Waals surface area contributed by atoms with Crippen LogP contribution in [0.5, 0.6) is 0 Å². The van der Waals surface area contributed by atoms with Crippen LogP contribution in [0.3, 0.4) is 0 Å². The Hall–Kier alpha value is -2.40. The van der Waals surface area contributed by atoms with Gasteiger partial charge in [0.05, 0.1) is 11.1 Å². The van der Waals surface area contributed by atoms with Gasteiger partial charge in [-0.15, -0.1) is 24.8 Å². The summed E-state index contributed by atoms with van der Waals surface area (Å²) in [7, 11) is 0. The Labute approximate surface area is 206 Å².